The number of pyridine rings is 2. The number of amides is 1. The van der Waals surface area contributed by atoms with Gasteiger partial charge in [0.2, 0.25) is 5.43 Å². The van der Waals surface area contributed by atoms with Crippen LogP contribution in [-0.2, 0) is 6.54 Å². The van der Waals surface area contributed by atoms with Crippen LogP contribution in [0.1, 0.15) is 28.5 Å². The Kier molecular flexibility index (Phi) is 5.32. The van der Waals surface area contributed by atoms with Gasteiger partial charge in [-0.1, -0.05) is 11.8 Å². The molecule has 0 aliphatic carbocycles. The van der Waals surface area contributed by atoms with Gasteiger partial charge in [0.1, 0.15) is 17.0 Å². The van der Waals surface area contributed by atoms with Gasteiger partial charge in [0.25, 0.3) is 5.91 Å². The number of nitrogens with one attached hydrogen (secondary N) is 1. The van der Waals surface area contributed by atoms with E-state index < -0.39 is 5.91 Å². The average molecular weight is 363 g/mol. The fourth-order valence-electron chi connectivity index (χ4n) is 2.66. The van der Waals surface area contributed by atoms with Gasteiger partial charge in [-0.2, -0.15) is 0 Å². The van der Waals surface area contributed by atoms with Crippen LogP contribution < -0.4 is 10.7 Å². The highest BCUT2D eigenvalue weighted by atomic mass is 19.1. The molecule has 27 heavy (non-hydrogen) atoms. The molecule has 0 radical (unpaired) electrons. The lowest BCUT2D eigenvalue weighted by atomic mass is 10.1. The first-order valence-electron chi connectivity index (χ1n) is 8.53. The molecule has 2 aromatic heterocycles. The van der Waals surface area contributed by atoms with Crippen molar-refractivity contribution in [3.8, 4) is 11.8 Å². The summed E-state index contributed by atoms with van der Waals surface area (Å²) in [6, 6.07) is 9.20. The summed E-state index contributed by atoms with van der Waals surface area (Å²) in [5, 5.41) is 3.04. The quantitative estimate of drug-likeness (QED) is 0.728. The van der Waals surface area contributed by atoms with Crippen molar-refractivity contribution in [2.45, 2.75) is 20.4 Å². The van der Waals surface area contributed by atoms with Crippen molar-refractivity contribution in [2.24, 2.45) is 0 Å². The summed E-state index contributed by atoms with van der Waals surface area (Å²) >= 11 is 0. The normalized spacial score (nSPS) is 10.3. The number of rotatable bonds is 3. The highest BCUT2D eigenvalue weighted by Gasteiger charge is 2.15. The number of carbonyl (C=O) groups excluding carboxylic acids is 1. The molecule has 136 valence electrons. The molecule has 3 aromatic rings. The Morgan fingerprint density at radius 3 is 2.67 bits per heavy atom. The zero-order valence-electron chi connectivity index (χ0n) is 15.0. The second-order valence-electron chi connectivity index (χ2n) is 5.97. The van der Waals surface area contributed by atoms with Gasteiger partial charge in [0, 0.05) is 24.0 Å². The van der Waals surface area contributed by atoms with E-state index in [-0.39, 0.29) is 23.4 Å². The number of halogens is 1. The van der Waals surface area contributed by atoms with Gasteiger partial charge >= 0.3 is 0 Å². The molecular formula is C21H18FN3O2. The van der Waals surface area contributed by atoms with Crippen molar-refractivity contribution in [1.82, 2.24) is 14.9 Å². The average Bonchev–Trinajstić information content (AvgIpc) is 2.66. The molecule has 0 atom stereocenters. The fourth-order valence-corrected chi connectivity index (χ4v) is 2.66. The van der Waals surface area contributed by atoms with Crippen LogP contribution >= 0.6 is 0 Å². The predicted molar refractivity (Wildman–Crippen MR) is 102 cm³/mol. The first-order chi connectivity index (χ1) is 13.0. The molecule has 6 heteroatoms. The zero-order valence-corrected chi connectivity index (χ0v) is 15.0. The molecule has 0 unspecified atom stereocenters. The number of aryl methyl sites for hydroxylation is 2. The third-order valence-electron chi connectivity index (χ3n) is 4.06. The number of benzene rings is 1. The molecule has 3 rings (SSSR count). The minimum Gasteiger partial charge on any atom is -0.341 e. The first kappa shape index (κ1) is 18.3. The van der Waals surface area contributed by atoms with Crippen molar-refractivity contribution in [1.29, 1.82) is 0 Å². The predicted octanol–water partition coefficient (Wildman–Crippen LogP) is 2.65. The largest absolute Gasteiger partial charge is 0.341 e. The molecule has 0 aliphatic rings. The maximum absolute atomic E-state index is 12.9. The molecule has 0 fully saturated rings. The third kappa shape index (κ3) is 4.04. The van der Waals surface area contributed by atoms with E-state index in [2.05, 4.69) is 22.1 Å². The highest BCUT2D eigenvalue weighted by Crippen LogP contribution is 2.11. The molecule has 0 saturated heterocycles. The first-order valence-corrected chi connectivity index (χ1v) is 8.53. The Morgan fingerprint density at radius 2 is 1.96 bits per heavy atom. The van der Waals surface area contributed by atoms with Crippen LogP contribution in [0.3, 0.4) is 0 Å². The molecule has 2 heterocycles. The number of carbonyl (C=O) groups is 1. The number of hydrogen-bond acceptors (Lipinski definition) is 3. The summed E-state index contributed by atoms with van der Waals surface area (Å²) in [5.41, 5.74) is 1.71. The second-order valence-corrected chi connectivity index (χ2v) is 5.97. The lowest BCUT2D eigenvalue weighted by molar-refractivity contribution is 0.0957. The second kappa shape index (κ2) is 7.83. The van der Waals surface area contributed by atoms with Gasteiger partial charge in [-0.25, -0.2) is 9.37 Å². The summed E-state index contributed by atoms with van der Waals surface area (Å²) in [7, 11) is 0. The molecule has 0 bridgehead atoms. The molecule has 0 spiro atoms. The fraction of sp³-hybridized carbons (Fsp3) is 0.190. The zero-order chi connectivity index (χ0) is 19.4. The van der Waals surface area contributed by atoms with Crippen LogP contribution in [0, 0.1) is 24.6 Å². The maximum Gasteiger partial charge on any atom is 0.257 e. The lowest BCUT2D eigenvalue weighted by Gasteiger charge is -2.11. The Balaban J connectivity index is 1.82. The standard InChI is InChI=1S/C21H18FN3O2/c1-3-25-13-18(19(26)17-11-6-14(2)24-20(17)25)21(27)23-12-4-5-15-7-9-16(22)10-8-15/h6-11,13H,3,12H2,1-2H3,(H,23,27). The van der Waals surface area contributed by atoms with Gasteiger partial charge in [-0.3, -0.25) is 9.59 Å². The van der Waals surface area contributed by atoms with Crippen LogP contribution in [0.2, 0.25) is 0 Å². The van der Waals surface area contributed by atoms with E-state index in [1.165, 1.54) is 18.3 Å². The van der Waals surface area contributed by atoms with Crippen molar-refractivity contribution in [3.05, 3.63) is 75.5 Å². The molecular weight excluding hydrogens is 345 g/mol. The van der Waals surface area contributed by atoms with E-state index in [1.807, 2.05) is 13.8 Å². The van der Waals surface area contributed by atoms with E-state index in [9.17, 15) is 14.0 Å². The summed E-state index contributed by atoms with van der Waals surface area (Å²) in [6.07, 6.45) is 1.53. The van der Waals surface area contributed by atoms with Gasteiger partial charge < -0.3 is 9.88 Å². The molecule has 1 N–H and O–H groups in total. The number of nitrogens with zero attached hydrogens (tertiary/aromatic N) is 2. The van der Waals surface area contributed by atoms with Crippen molar-refractivity contribution in [3.63, 3.8) is 0 Å². The van der Waals surface area contributed by atoms with Crippen LogP contribution in [-0.4, -0.2) is 22.0 Å². The smallest absolute Gasteiger partial charge is 0.257 e. The van der Waals surface area contributed by atoms with Crippen molar-refractivity contribution < 1.29 is 9.18 Å². The van der Waals surface area contributed by atoms with Gasteiger partial charge in [-0.15, -0.1) is 0 Å². The monoisotopic (exact) mass is 363 g/mol. The van der Waals surface area contributed by atoms with Crippen LogP contribution in [0.5, 0.6) is 0 Å². The number of hydrogen-bond donors (Lipinski definition) is 1. The summed E-state index contributed by atoms with van der Waals surface area (Å²) in [5.74, 6) is 4.80. The topological polar surface area (TPSA) is 64.0 Å². The Bertz CT molecular complexity index is 1120. The molecule has 0 saturated carbocycles. The number of fused-ring (bicyclic) bond motifs is 1. The SMILES string of the molecule is CCn1cc(C(=O)NCC#Cc2ccc(F)cc2)c(=O)c2ccc(C)nc21. The highest BCUT2D eigenvalue weighted by molar-refractivity contribution is 5.97. The van der Waals surface area contributed by atoms with Crippen LogP contribution in [0.25, 0.3) is 11.0 Å². The van der Waals surface area contributed by atoms with E-state index in [0.29, 0.717) is 23.1 Å². The molecule has 1 aromatic carbocycles. The van der Waals surface area contributed by atoms with E-state index in [1.54, 1.807) is 28.8 Å². The Hall–Kier alpha value is -3.46. The minimum absolute atomic E-state index is 0.0542. The van der Waals surface area contributed by atoms with Crippen molar-refractivity contribution >= 4 is 16.9 Å². The van der Waals surface area contributed by atoms with Crippen molar-refractivity contribution in [2.75, 3.05) is 6.54 Å². The van der Waals surface area contributed by atoms with Crippen LogP contribution in [0.4, 0.5) is 4.39 Å². The Morgan fingerprint density at radius 1 is 1.22 bits per heavy atom. The van der Waals surface area contributed by atoms with Gasteiger partial charge in [0.05, 0.1) is 11.9 Å². The third-order valence-corrected chi connectivity index (χ3v) is 4.06. The van der Waals surface area contributed by atoms with Crippen LogP contribution in [0.15, 0.2) is 47.4 Å². The van der Waals surface area contributed by atoms with E-state index in [4.69, 9.17) is 0 Å². The summed E-state index contributed by atoms with van der Waals surface area (Å²) in [4.78, 5) is 29.5. The molecule has 1 amide bonds. The van der Waals surface area contributed by atoms with E-state index in [0.717, 1.165) is 5.69 Å². The van der Waals surface area contributed by atoms with E-state index >= 15 is 0 Å². The minimum atomic E-state index is -0.488. The van der Waals surface area contributed by atoms with Gasteiger partial charge in [-0.05, 0) is 50.2 Å². The van der Waals surface area contributed by atoms with Gasteiger partial charge in [0.15, 0.2) is 0 Å². The lowest BCUT2D eigenvalue weighted by Crippen LogP contribution is -2.30. The molecule has 5 nitrogen and oxygen atoms in total. The molecule has 0 aliphatic heterocycles. The maximum atomic E-state index is 12.9. The summed E-state index contributed by atoms with van der Waals surface area (Å²) < 4.78 is 14.6. The number of aromatic nitrogens is 2. The summed E-state index contributed by atoms with van der Waals surface area (Å²) in [6.45, 7) is 4.43. The Labute approximate surface area is 155 Å².